The highest BCUT2D eigenvalue weighted by atomic mass is 16.5. The maximum Gasteiger partial charge on any atom is 0.0580 e. The van der Waals surface area contributed by atoms with Gasteiger partial charge in [0.25, 0.3) is 0 Å². The van der Waals surface area contributed by atoms with Gasteiger partial charge >= 0.3 is 0 Å². The number of rotatable bonds is 9. The Kier molecular flexibility index (Phi) is 7.25. The number of ether oxygens (including phenoxy) is 1. The summed E-state index contributed by atoms with van der Waals surface area (Å²) in [6.07, 6.45) is 5.75. The minimum absolute atomic E-state index is 0.573. The first-order chi connectivity index (χ1) is 8.47. The van der Waals surface area contributed by atoms with E-state index in [2.05, 4.69) is 39.6 Å². The Morgan fingerprint density at radius 1 is 1.11 bits per heavy atom. The Morgan fingerprint density at radius 2 is 1.78 bits per heavy atom. The van der Waals surface area contributed by atoms with Crippen LogP contribution in [0.25, 0.3) is 0 Å². The van der Waals surface area contributed by atoms with E-state index in [-0.39, 0.29) is 0 Å². The molecule has 0 radical (unpaired) electrons. The van der Waals surface area contributed by atoms with Crippen molar-refractivity contribution in [3.8, 4) is 0 Å². The van der Waals surface area contributed by atoms with E-state index < -0.39 is 0 Å². The zero-order valence-electron chi connectivity index (χ0n) is 13.1. The molecule has 0 atom stereocenters. The first kappa shape index (κ1) is 16.0. The van der Waals surface area contributed by atoms with Gasteiger partial charge in [-0.05, 0) is 50.5 Å². The van der Waals surface area contributed by atoms with Crippen LogP contribution in [0.2, 0.25) is 0 Å². The molecule has 0 spiro atoms. The summed E-state index contributed by atoms with van der Waals surface area (Å²) >= 11 is 0. The number of hydrogen-bond acceptors (Lipinski definition) is 2. The molecule has 0 aromatic heterocycles. The van der Waals surface area contributed by atoms with Crippen molar-refractivity contribution < 1.29 is 4.74 Å². The molecule has 2 heteroatoms. The molecule has 0 aliphatic heterocycles. The lowest BCUT2D eigenvalue weighted by Crippen LogP contribution is -2.33. The fourth-order valence-electron chi connectivity index (χ4n) is 2.97. The van der Waals surface area contributed by atoms with E-state index in [4.69, 9.17) is 4.74 Å². The molecule has 1 aliphatic rings. The highest BCUT2D eigenvalue weighted by Gasteiger charge is 2.29. The van der Waals surface area contributed by atoms with Gasteiger partial charge < -0.3 is 9.64 Å². The lowest BCUT2D eigenvalue weighted by Gasteiger charge is -2.36. The van der Waals surface area contributed by atoms with E-state index >= 15 is 0 Å². The van der Waals surface area contributed by atoms with Crippen LogP contribution >= 0.6 is 0 Å². The minimum atomic E-state index is 0.573. The molecule has 1 fully saturated rings. The van der Waals surface area contributed by atoms with Crippen LogP contribution < -0.4 is 0 Å². The maximum absolute atomic E-state index is 5.92. The zero-order valence-corrected chi connectivity index (χ0v) is 13.1. The molecule has 0 N–H and O–H groups in total. The fraction of sp³-hybridized carbons (Fsp3) is 1.00. The van der Waals surface area contributed by atoms with Gasteiger partial charge in [-0.1, -0.05) is 27.7 Å². The second-order valence-electron chi connectivity index (χ2n) is 6.97. The van der Waals surface area contributed by atoms with Crippen LogP contribution in [-0.4, -0.2) is 37.7 Å². The minimum Gasteiger partial charge on any atom is -0.378 e. The van der Waals surface area contributed by atoms with Crippen LogP contribution in [0.5, 0.6) is 0 Å². The number of hydrogen-bond donors (Lipinski definition) is 0. The second-order valence-corrected chi connectivity index (χ2v) is 6.97. The molecule has 0 bridgehead atoms. The van der Waals surface area contributed by atoms with Crippen molar-refractivity contribution in [2.24, 2.45) is 17.8 Å². The van der Waals surface area contributed by atoms with Crippen LogP contribution in [0, 0.1) is 17.8 Å². The normalized spacial score (nSPS) is 24.0. The first-order valence-corrected chi connectivity index (χ1v) is 7.77. The molecule has 1 saturated carbocycles. The lowest BCUT2D eigenvalue weighted by atomic mass is 9.77. The van der Waals surface area contributed by atoms with E-state index in [0.29, 0.717) is 6.10 Å². The van der Waals surface area contributed by atoms with Gasteiger partial charge in [0.15, 0.2) is 0 Å². The summed E-state index contributed by atoms with van der Waals surface area (Å²) in [5, 5.41) is 0. The fourth-order valence-corrected chi connectivity index (χ4v) is 2.97. The highest BCUT2D eigenvalue weighted by molar-refractivity contribution is 4.80. The highest BCUT2D eigenvalue weighted by Crippen LogP contribution is 2.34. The monoisotopic (exact) mass is 255 g/mol. The van der Waals surface area contributed by atoms with Gasteiger partial charge in [-0.2, -0.15) is 0 Å². The molecule has 108 valence electrons. The Balaban J connectivity index is 1.91. The molecule has 0 unspecified atom stereocenters. The van der Waals surface area contributed by atoms with E-state index in [1.807, 2.05) is 0 Å². The number of nitrogens with zero attached hydrogens (tertiary/aromatic N) is 1. The largest absolute Gasteiger partial charge is 0.378 e. The van der Waals surface area contributed by atoms with Crippen LogP contribution in [0.15, 0.2) is 0 Å². The molecule has 0 aromatic rings. The smallest absolute Gasteiger partial charge is 0.0580 e. The van der Waals surface area contributed by atoms with Gasteiger partial charge in [0, 0.05) is 19.7 Å². The Morgan fingerprint density at radius 3 is 2.33 bits per heavy atom. The van der Waals surface area contributed by atoms with Gasteiger partial charge in [0.05, 0.1) is 6.10 Å². The van der Waals surface area contributed by atoms with Crippen LogP contribution in [0.1, 0.15) is 53.4 Å². The predicted octanol–water partition coefficient (Wildman–Crippen LogP) is 3.81. The predicted molar refractivity (Wildman–Crippen MR) is 78.9 cm³/mol. The van der Waals surface area contributed by atoms with Crippen LogP contribution in [0.4, 0.5) is 0 Å². The summed E-state index contributed by atoms with van der Waals surface area (Å²) in [6.45, 7) is 12.5. The Hall–Kier alpha value is -0.0800. The Bertz CT molecular complexity index is 209. The second kappa shape index (κ2) is 8.16. The summed E-state index contributed by atoms with van der Waals surface area (Å²) < 4.78 is 5.92. The third kappa shape index (κ3) is 6.75. The van der Waals surface area contributed by atoms with Crippen molar-refractivity contribution in [1.82, 2.24) is 4.90 Å². The van der Waals surface area contributed by atoms with E-state index in [9.17, 15) is 0 Å². The summed E-state index contributed by atoms with van der Waals surface area (Å²) in [5.41, 5.74) is 0. The molecule has 0 heterocycles. The molecule has 0 amide bonds. The third-order valence-corrected chi connectivity index (χ3v) is 3.71. The summed E-state index contributed by atoms with van der Waals surface area (Å²) in [4.78, 5) is 2.41. The average molecular weight is 255 g/mol. The summed E-state index contributed by atoms with van der Waals surface area (Å²) in [7, 11) is 2.21. The van der Waals surface area contributed by atoms with Crippen molar-refractivity contribution in [2.45, 2.75) is 59.5 Å². The molecule has 0 saturated heterocycles. The van der Waals surface area contributed by atoms with Crippen molar-refractivity contribution in [1.29, 1.82) is 0 Å². The molecule has 1 aliphatic carbocycles. The van der Waals surface area contributed by atoms with E-state index in [1.54, 1.807) is 0 Å². The molecule has 2 nitrogen and oxygen atoms in total. The lowest BCUT2D eigenvalue weighted by molar-refractivity contribution is -0.0376. The van der Waals surface area contributed by atoms with Gasteiger partial charge in [-0.15, -0.1) is 0 Å². The van der Waals surface area contributed by atoms with Crippen molar-refractivity contribution in [3.05, 3.63) is 0 Å². The van der Waals surface area contributed by atoms with Crippen molar-refractivity contribution in [3.63, 3.8) is 0 Å². The molecular formula is C16H33NO. The standard InChI is InChI=1S/C16H33NO/c1-13(2)9-15-10-16(11-15)18-8-6-7-17(5)12-14(3)4/h13-16H,6-12H2,1-5H3/t15-,16-. The third-order valence-electron chi connectivity index (χ3n) is 3.71. The summed E-state index contributed by atoms with van der Waals surface area (Å²) in [5.74, 6) is 2.55. The van der Waals surface area contributed by atoms with E-state index in [0.717, 1.165) is 24.4 Å². The van der Waals surface area contributed by atoms with Gasteiger partial charge in [-0.25, -0.2) is 0 Å². The molecule has 18 heavy (non-hydrogen) atoms. The summed E-state index contributed by atoms with van der Waals surface area (Å²) in [6, 6.07) is 0. The van der Waals surface area contributed by atoms with Crippen LogP contribution in [-0.2, 0) is 4.74 Å². The van der Waals surface area contributed by atoms with Crippen molar-refractivity contribution in [2.75, 3.05) is 26.7 Å². The first-order valence-electron chi connectivity index (χ1n) is 7.77. The SMILES string of the molecule is CC(C)CN(C)CCCO[C@H]1C[C@H](CC(C)C)C1. The zero-order chi connectivity index (χ0) is 13.5. The molecule has 1 rings (SSSR count). The average Bonchev–Trinajstić information content (AvgIpc) is 2.18. The van der Waals surface area contributed by atoms with Crippen LogP contribution in [0.3, 0.4) is 0 Å². The van der Waals surface area contributed by atoms with Gasteiger partial charge in [0.1, 0.15) is 0 Å². The molecular weight excluding hydrogens is 222 g/mol. The van der Waals surface area contributed by atoms with Gasteiger partial charge in [0.2, 0.25) is 0 Å². The van der Waals surface area contributed by atoms with Gasteiger partial charge in [-0.3, -0.25) is 0 Å². The van der Waals surface area contributed by atoms with Crippen molar-refractivity contribution >= 4 is 0 Å². The maximum atomic E-state index is 5.92. The van der Waals surface area contributed by atoms with E-state index in [1.165, 1.54) is 38.8 Å². The topological polar surface area (TPSA) is 12.5 Å². The Labute approximate surface area is 114 Å². The quantitative estimate of drug-likeness (QED) is 0.581. The molecule has 0 aromatic carbocycles.